The second-order valence-corrected chi connectivity index (χ2v) is 4.63. The van der Waals surface area contributed by atoms with Crippen molar-refractivity contribution < 1.29 is 0 Å². The highest BCUT2D eigenvalue weighted by molar-refractivity contribution is 4.90. The van der Waals surface area contributed by atoms with Crippen molar-refractivity contribution in [2.75, 3.05) is 13.6 Å². The van der Waals surface area contributed by atoms with Crippen LogP contribution in [0.4, 0.5) is 0 Å². The van der Waals surface area contributed by atoms with Crippen molar-refractivity contribution in [1.82, 2.24) is 10.2 Å². The standard InChI is InChI=1S/C12H23N3/c1-10-5-4-6-11(2)15(10)8-7-12(9-13)14-3/h10-12,14H,4-8H2,1-3H3/t10-,11+,12?. The van der Waals surface area contributed by atoms with E-state index in [1.807, 2.05) is 7.05 Å². The SMILES string of the molecule is CNC(C#N)CCN1[C@H](C)CCC[C@@H]1C. The van der Waals surface area contributed by atoms with Crippen LogP contribution in [0.5, 0.6) is 0 Å². The third-order valence-electron chi connectivity index (χ3n) is 3.56. The van der Waals surface area contributed by atoms with Gasteiger partial charge in [0.15, 0.2) is 0 Å². The van der Waals surface area contributed by atoms with Gasteiger partial charge in [-0.05, 0) is 40.2 Å². The summed E-state index contributed by atoms with van der Waals surface area (Å²) in [6.45, 7) is 5.65. The molecule has 0 saturated carbocycles. The van der Waals surface area contributed by atoms with Gasteiger partial charge in [-0.25, -0.2) is 0 Å². The summed E-state index contributed by atoms with van der Waals surface area (Å²) in [5.41, 5.74) is 0. The van der Waals surface area contributed by atoms with Crippen LogP contribution in [0.15, 0.2) is 0 Å². The number of nitrogens with one attached hydrogen (secondary N) is 1. The first-order valence-electron chi connectivity index (χ1n) is 6.01. The molecule has 0 aromatic carbocycles. The maximum absolute atomic E-state index is 8.86. The van der Waals surface area contributed by atoms with Crippen LogP contribution in [0, 0.1) is 11.3 Å². The van der Waals surface area contributed by atoms with Gasteiger partial charge in [-0.15, -0.1) is 0 Å². The molecule has 15 heavy (non-hydrogen) atoms. The molecule has 0 amide bonds. The molecule has 1 aliphatic rings. The molecule has 0 aromatic heterocycles. The van der Waals surface area contributed by atoms with Gasteiger partial charge in [0.05, 0.1) is 12.1 Å². The van der Waals surface area contributed by atoms with E-state index in [1.165, 1.54) is 19.3 Å². The van der Waals surface area contributed by atoms with Crippen LogP contribution in [0.2, 0.25) is 0 Å². The van der Waals surface area contributed by atoms with Gasteiger partial charge in [0.1, 0.15) is 0 Å². The fourth-order valence-electron chi connectivity index (χ4n) is 2.47. The molecule has 1 rings (SSSR count). The molecule has 0 bridgehead atoms. The first kappa shape index (κ1) is 12.5. The Morgan fingerprint density at radius 3 is 2.47 bits per heavy atom. The van der Waals surface area contributed by atoms with Crippen LogP contribution >= 0.6 is 0 Å². The quantitative estimate of drug-likeness (QED) is 0.766. The number of hydrogen-bond donors (Lipinski definition) is 1. The Morgan fingerprint density at radius 2 is 2.00 bits per heavy atom. The predicted molar refractivity (Wildman–Crippen MR) is 62.6 cm³/mol. The number of hydrogen-bond acceptors (Lipinski definition) is 3. The number of rotatable bonds is 4. The largest absolute Gasteiger partial charge is 0.305 e. The molecule has 1 unspecified atom stereocenters. The fourth-order valence-corrected chi connectivity index (χ4v) is 2.47. The van der Waals surface area contributed by atoms with Gasteiger partial charge in [0, 0.05) is 18.6 Å². The molecule has 3 atom stereocenters. The van der Waals surface area contributed by atoms with E-state index >= 15 is 0 Å². The molecule has 0 aliphatic carbocycles. The molecule has 0 radical (unpaired) electrons. The second kappa shape index (κ2) is 6.09. The molecular formula is C12H23N3. The molecule has 0 spiro atoms. The van der Waals surface area contributed by atoms with Gasteiger partial charge in [-0.1, -0.05) is 6.42 Å². The monoisotopic (exact) mass is 209 g/mol. The zero-order valence-electron chi connectivity index (χ0n) is 10.2. The summed E-state index contributed by atoms with van der Waals surface area (Å²) in [5, 5.41) is 11.9. The molecule has 1 aliphatic heterocycles. The Hall–Kier alpha value is -0.590. The smallest absolute Gasteiger partial charge is 0.0962 e. The third kappa shape index (κ3) is 3.48. The Labute approximate surface area is 93.5 Å². The minimum absolute atomic E-state index is 0.00586. The first-order chi connectivity index (χ1) is 7.19. The van der Waals surface area contributed by atoms with E-state index < -0.39 is 0 Å². The topological polar surface area (TPSA) is 39.1 Å². The first-order valence-corrected chi connectivity index (χ1v) is 6.01. The molecule has 1 fully saturated rings. The van der Waals surface area contributed by atoms with Crippen molar-refractivity contribution in [2.24, 2.45) is 0 Å². The van der Waals surface area contributed by atoms with Crippen LogP contribution in [0.1, 0.15) is 39.5 Å². The van der Waals surface area contributed by atoms with Crippen molar-refractivity contribution in [1.29, 1.82) is 5.26 Å². The number of likely N-dealkylation sites (tertiary alicyclic amines) is 1. The zero-order valence-corrected chi connectivity index (χ0v) is 10.2. The summed E-state index contributed by atoms with van der Waals surface area (Å²) < 4.78 is 0. The van der Waals surface area contributed by atoms with E-state index in [1.54, 1.807) is 0 Å². The number of nitriles is 1. The van der Waals surface area contributed by atoms with Crippen LogP contribution in [0.25, 0.3) is 0 Å². The Bertz CT molecular complexity index is 211. The van der Waals surface area contributed by atoms with Crippen LogP contribution in [0.3, 0.4) is 0 Å². The average molecular weight is 209 g/mol. The molecule has 3 nitrogen and oxygen atoms in total. The second-order valence-electron chi connectivity index (χ2n) is 4.63. The maximum atomic E-state index is 8.86. The lowest BCUT2D eigenvalue weighted by Gasteiger charge is -2.39. The van der Waals surface area contributed by atoms with Gasteiger partial charge >= 0.3 is 0 Å². The van der Waals surface area contributed by atoms with Crippen molar-refractivity contribution in [2.45, 2.75) is 57.7 Å². The Balaban J connectivity index is 2.38. The highest BCUT2D eigenvalue weighted by Crippen LogP contribution is 2.22. The third-order valence-corrected chi connectivity index (χ3v) is 3.56. The van der Waals surface area contributed by atoms with E-state index in [0.29, 0.717) is 12.1 Å². The van der Waals surface area contributed by atoms with E-state index in [9.17, 15) is 0 Å². The molecule has 1 saturated heterocycles. The van der Waals surface area contributed by atoms with E-state index in [4.69, 9.17) is 5.26 Å². The minimum Gasteiger partial charge on any atom is -0.305 e. The van der Waals surface area contributed by atoms with E-state index in [2.05, 4.69) is 30.1 Å². The molecule has 0 aromatic rings. The number of nitrogens with zero attached hydrogens (tertiary/aromatic N) is 2. The molecule has 1 heterocycles. The molecule has 86 valence electrons. The summed E-state index contributed by atoms with van der Waals surface area (Å²) in [6, 6.07) is 3.66. The van der Waals surface area contributed by atoms with E-state index in [0.717, 1.165) is 13.0 Å². The van der Waals surface area contributed by atoms with Crippen molar-refractivity contribution >= 4 is 0 Å². The molecule has 1 N–H and O–H groups in total. The van der Waals surface area contributed by atoms with Crippen LogP contribution < -0.4 is 5.32 Å². The number of piperidine rings is 1. The lowest BCUT2D eigenvalue weighted by Crippen LogP contribution is -2.45. The fraction of sp³-hybridized carbons (Fsp3) is 0.917. The van der Waals surface area contributed by atoms with Crippen LogP contribution in [-0.2, 0) is 0 Å². The highest BCUT2D eigenvalue weighted by Gasteiger charge is 2.24. The van der Waals surface area contributed by atoms with Gasteiger partial charge in [0.25, 0.3) is 0 Å². The molecular weight excluding hydrogens is 186 g/mol. The molecule has 3 heteroatoms. The lowest BCUT2D eigenvalue weighted by molar-refractivity contribution is 0.100. The average Bonchev–Trinajstić information content (AvgIpc) is 2.23. The van der Waals surface area contributed by atoms with Crippen LogP contribution in [-0.4, -0.2) is 36.6 Å². The maximum Gasteiger partial charge on any atom is 0.0962 e. The normalized spacial score (nSPS) is 29.7. The minimum atomic E-state index is 0.00586. The van der Waals surface area contributed by atoms with Gasteiger partial charge in [-0.3, -0.25) is 4.90 Å². The van der Waals surface area contributed by atoms with Crippen molar-refractivity contribution in [3.05, 3.63) is 0 Å². The predicted octanol–water partition coefficient (Wildman–Crippen LogP) is 1.75. The van der Waals surface area contributed by atoms with Gasteiger partial charge in [0.2, 0.25) is 0 Å². The van der Waals surface area contributed by atoms with Gasteiger partial charge < -0.3 is 5.32 Å². The van der Waals surface area contributed by atoms with Crippen molar-refractivity contribution in [3.8, 4) is 6.07 Å². The Kier molecular flexibility index (Phi) is 5.07. The van der Waals surface area contributed by atoms with E-state index in [-0.39, 0.29) is 6.04 Å². The Morgan fingerprint density at radius 1 is 1.40 bits per heavy atom. The summed E-state index contributed by atoms with van der Waals surface area (Å²) >= 11 is 0. The summed E-state index contributed by atoms with van der Waals surface area (Å²) in [7, 11) is 1.86. The summed E-state index contributed by atoms with van der Waals surface area (Å²) in [6.07, 6.45) is 4.90. The summed E-state index contributed by atoms with van der Waals surface area (Å²) in [4.78, 5) is 2.55. The highest BCUT2D eigenvalue weighted by atomic mass is 15.2. The lowest BCUT2D eigenvalue weighted by atomic mass is 9.97. The summed E-state index contributed by atoms with van der Waals surface area (Å²) in [5.74, 6) is 0. The van der Waals surface area contributed by atoms with Crippen molar-refractivity contribution in [3.63, 3.8) is 0 Å². The van der Waals surface area contributed by atoms with Gasteiger partial charge in [-0.2, -0.15) is 5.26 Å². The zero-order chi connectivity index (χ0) is 11.3.